The van der Waals surface area contributed by atoms with Gasteiger partial charge in [0.15, 0.2) is 17.6 Å². The molecule has 0 aromatic heterocycles. The van der Waals surface area contributed by atoms with Crippen LogP contribution in [0, 0.1) is 0 Å². The van der Waals surface area contributed by atoms with Crippen molar-refractivity contribution in [2.24, 2.45) is 0 Å². The molecule has 1 unspecified atom stereocenters. The highest BCUT2D eigenvalue weighted by Gasteiger charge is 2.41. The minimum Gasteiger partial charge on any atom is -0.507 e. The van der Waals surface area contributed by atoms with Crippen LogP contribution in [0.5, 0.6) is 0 Å². The van der Waals surface area contributed by atoms with Crippen LogP contribution in [-0.4, -0.2) is 40.7 Å². The molecular weight excluding hydrogens is 422 g/mol. The molecule has 33 heavy (non-hydrogen) atoms. The maximum atomic E-state index is 13.3. The number of ether oxygens (including phenoxy) is 2. The SMILES string of the molecule is CC(C)(C)OC(=O)N[C@H](Cc1ccccc1)C(=O)C1=C(O)C(CCc2ccccc2)OC1=O. The van der Waals surface area contributed by atoms with Crippen molar-refractivity contribution in [1.29, 1.82) is 0 Å². The largest absolute Gasteiger partial charge is 0.507 e. The van der Waals surface area contributed by atoms with Gasteiger partial charge in [0, 0.05) is 6.42 Å². The van der Waals surface area contributed by atoms with E-state index in [2.05, 4.69) is 5.32 Å². The van der Waals surface area contributed by atoms with Crippen LogP contribution >= 0.6 is 0 Å². The first-order valence-corrected chi connectivity index (χ1v) is 10.9. The van der Waals surface area contributed by atoms with Gasteiger partial charge in [-0.2, -0.15) is 0 Å². The Morgan fingerprint density at radius 3 is 2.18 bits per heavy atom. The summed E-state index contributed by atoms with van der Waals surface area (Å²) in [6.45, 7) is 5.13. The van der Waals surface area contributed by atoms with Crippen LogP contribution in [0.1, 0.15) is 38.3 Å². The molecule has 7 nitrogen and oxygen atoms in total. The summed E-state index contributed by atoms with van der Waals surface area (Å²) in [5.74, 6) is -2.00. The van der Waals surface area contributed by atoms with E-state index in [0.717, 1.165) is 11.1 Å². The quantitative estimate of drug-likeness (QED) is 0.464. The van der Waals surface area contributed by atoms with E-state index in [0.29, 0.717) is 12.8 Å². The van der Waals surface area contributed by atoms with E-state index in [1.807, 2.05) is 48.5 Å². The van der Waals surface area contributed by atoms with Crippen LogP contribution in [0.3, 0.4) is 0 Å². The van der Waals surface area contributed by atoms with E-state index < -0.39 is 46.9 Å². The number of hydrogen-bond acceptors (Lipinski definition) is 6. The first-order chi connectivity index (χ1) is 15.6. The van der Waals surface area contributed by atoms with Crippen molar-refractivity contribution in [2.75, 3.05) is 0 Å². The highest BCUT2D eigenvalue weighted by Crippen LogP contribution is 2.26. The molecule has 2 N–H and O–H groups in total. The number of aryl methyl sites for hydroxylation is 1. The van der Waals surface area contributed by atoms with Gasteiger partial charge in [-0.15, -0.1) is 0 Å². The summed E-state index contributed by atoms with van der Waals surface area (Å²) in [6.07, 6.45) is -0.674. The van der Waals surface area contributed by atoms with Crippen LogP contribution in [0.2, 0.25) is 0 Å². The highest BCUT2D eigenvalue weighted by atomic mass is 16.6. The van der Waals surface area contributed by atoms with Gasteiger partial charge >= 0.3 is 12.1 Å². The molecule has 1 aliphatic rings. The van der Waals surface area contributed by atoms with E-state index in [1.165, 1.54) is 0 Å². The average Bonchev–Trinajstić information content (AvgIpc) is 3.04. The van der Waals surface area contributed by atoms with Crippen LogP contribution < -0.4 is 5.32 Å². The van der Waals surface area contributed by atoms with Gasteiger partial charge in [0.2, 0.25) is 0 Å². The number of aliphatic hydroxyl groups excluding tert-OH is 1. The molecule has 0 saturated heterocycles. The molecule has 174 valence electrons. The Hall–Kier alpha value is -3.61. The number of benzene rings is 2. The minimum atomic E-state index is -1.11. The molecule has 0 saturated carbocycles. The molecule has 0 fully saturated rings. The van der Waals surface area contributed by atoms with Gasteiger partial charge < -0.3 is 19.9 Å². The fourth-order valence-corrected chi connectivity index (χ4v) is 3.56. The number of hydrogen-bond donors (Lipinski definition) is 2. The molecular formula is C26H29NO6. The third-order valence-corrected chi connectivity index (χ3v) is 5.09. The summed E-state index contributed by atoms with van der Waals surface area (Å²) < 4.78 is 10.6. The van der Waals surface area contributed by atoms with Gasteiger partial charge in [-0.3, -0.25) is 4.79 Å². The van der Waals surface area contributed by atoms with Gasteiger partial charge in [0.25, 0.3) is 0 Å². The number of ketones is 1. The third kappa shape index (κ3) is 6.68. The molecule has 2 aromatic carbocycles. The second-order valence-corrected chi connectivity index (χ2v) is 8.93. The van der Waals surface area contributed by atoms with Gasteiger partial charge in [0.1, 0.15) is 11.2 Å². The molecule has 7 heteroatoms. The highest BCUT2D eigenvalue weighted by molar-refractivity contribution is 6.21. The van der Waals surface area contributed by atoms with Crippen molar-refractivity contribution in [1.82, 2.24) is 5.32 Å². The Bertz CT molecular complexity index is 1020. The second-order valence-electron chi connectivity index (χ2n) is 8.93. The minimum absolute atomic E-state index is 0.123. The average molecular weight is 452 g/mol. The number of carbonyl (C=O) groups is 3. The summed E-state index contributed by atoms with van der Waals surface area (Å²) in [4.78, 5) is 38.2. The zero-order chi connectivity index (χ0) is 24.0. The number of esters is 1. The fraction of sp³-hybridized carbons (Fsp3) is 0.346. The molecule has 0 aliphatic carbocycles. The topological polar surface area (TPSA) is 102 Å². The molecule has 1 aliphatic heterocycles. The Morgan fingerprint density at radius 1 is 1.03 bits per heavy atom. The van der Waals surface area contributed by atoms with Crippen LogP contribution in [0.15, 0.2) is 72.0 Å². The Balaban J connectivity index is 1.79. The van der Waals surface area contributed by atoms with Crippen molar-refractivity contribution in [3.05, 3.63) is 83.1 Å². The molecule has 3 rings (SSSR count). The molecule has 2 atom stereocenters. The Labute approximate surface area is 193 Å². The lowest BCUT2D eigenvalue weighted by atomic mass is 9.96. The summed E-state index contributed by atoms with van der Waals surface area (Å²) in [6, 6.07) is 17.5. The first-order valence-electron chi connectivity index (χ1n) is 10.9. The first kappa shape index (κ1) is 24.0. The molecule has 0 bridgehead atoms. The second kappa shape index (κ2) is 10.3. The number of aliphatic hydroxyl groups is 1. The zero-order valence-corrected chi connectivity index (χ0v) is 19.0. The normalized spacial score (nSPS) is 16.8. The maximum Gasteiger partial charge on any atom is 0.408 e. The Kier molecular flexibility index (Phi) is 7.53. The smallest absolute Gasteiger partial charge is 0.408 e. The zero-order valence-electron chi connectivity index (χ0n) is 19.0. The van der Waals surface area contributed by atoms with E-state index in [4.69, 9.17) is 9.47 Å². The van der Waals surface area contributed by atoms with Crippen molar-refractivity contribution >= 4 is 17.8 Å². The number of alkyl carbamates (subject to hydrolysis) is 1. The molecule has 2 aromatic rings. The third-order valence-electron chi connectivity index (χ3n) is 5.09. The molecule has 0 radical (unpaired) electrons. The lowest BCUT2D eigenvalue weighted by Crippen LogP contribution is -2.46. The molecule has 1 heterocycles. The van der Waals surface area contributed by atoms with Gasteiger partial charge in [-0.05, 0) is 44.7 Å². The van der Waals surface area contributed by atoms with E-state index in [-0.39, 0.29) is 6.42 Å². The predicted molar refractivity (Wildman–Crippen MR) is 123 cm³/mol. The van der Waals surface area contributed by atoms with Crippen LogP contribution in [-0.2, 0) is 31.9 Å². The van der Waals surface area contributed by atoms with E-state index in [9.17, 15) is 19.5 Å². The summed E-state index contributed by atoms with van der Waals surface area (Å²) in [5.41, 5.74) is 0.611. The fourth-order valence-electron chi connectivity index (χ4n) is 3.56. The maximum absolute atomic E-state index is 13.3. The van der Waals surface area contributed by atoms with Crippen molar-refractivity contribution in [3.63, 3.8) is 0 Å². The van der Waals surface area contributed by atoms with Crippen LogP contribution in [0.4, 0.5) is 4.79 Å². The Morgan fingerprint density at radius 2 is 1.61 bits per heavy atom. The summed E-state index contributed by atoms with van der Waals surface area (Å²) in [7, 11) is 0. The number of nitrogens with one attached hydrogen (secondary N) is 1. The number of rotatable bonds is 8. The number of amides is 1. The molecule has 0 spiro atoms. The van der Waals surface area contributed by atoms with E-state index >= 15 is 0 Å². The predicted octanol–water partition coefficient (Wildman–Crippen LogP) is 4.06. The van der Waals surface area contributed by atoms with Crippen molar-refractivity contribution in [2.45, 2.75) is 57.8 Å². The number of carbonyl (C=O) groups excluding carboxylic acids is 3. The van der Waals surface area contributed by atoms with Crippen LogP contribution in [0.25, 0.3) is 0 Å². The number of Topliss-reactive ketones (excluding diaryl/α,β-unsaturated/α-hetero) is 1. The van der Waals surface area contributed by atoms with E-state index in [1.54, 1.807) is 32.9 Å². The van der Waals surface area contributed by atoms with Crippen molar-refractivity contribution in [3.8, 4) is 0 Å². The van der Waals surface area contributed by atoms with Gasteiger partial charge in [0.05, 0.1) is 6.04 Å². The van der Waals surface area contributed by atoms with Gasteiger partial charge in [-0.1, -0.05) is 60.7 Å². The molecule has 1 amide bonds. The monoisotopic (exact) mass is 451 g/mol. The lowest BCUT2D eigenvalue weighted by Gasteiger charge is -2.23. The van der Waals surface area contributed by atoms with Gasteiger partial charge in [-0.25, -0.2) is 9.59 Å². The summed E-state index contributed by atoms with van der Waals surface area (Å²) in [5, 5.41) is 13.2. The standard InChI is InChI=1S/C26H29NO6/c1-26(2,3)33-25(31)27-19(16-18-12-8-5-9-13-18)22(28)21-23(29)20(32-24(21)30)15-14-17-10-6-4-7-11-17/h4-13,19-20,29H,14-16H2,1-3H3,(H,27,31)/t19-,20?/m1/s1. The number of cyclic esters (lactones) is 1. The lowest BCUT2D eigenvalue weighted by molar-refractivity contribution is -0.141. The summed E-state index contributed by atoms with van der Waals surface area (Å²) >= 11 is 0. The van der Waals surface area contributed by atoms with Crippen molar-refractivity contribution < 1.29 is 29.0 Å².